The van der Waals surface area contributed by atoms with E-state index in [9.17, 15) is 0 Å². The second-order valence-corrected chi connectivity index (χ2v) is 9.37. The maximum atomic E-state index is 2.37. The van der Waals surface area contributed by atoms with E-state index in [0.29, 0.717) is 0 Å². The van der Waals surface area contributed by atoms with Gasteiger partial charge in [0.1, 0.15) is 0 Å². The summed E-state index contributed by atoms with van der Waals surface area (Å²) in [5.74, 6) is 0. The summed E-state index contributed by atoms with van der Waals surface area (Å²) in [4.78, 5) is 0. The van der Waals surface area contributed by atoms with Crippen LogP contribution in [0.25, 0.3) is 16.7 Å². The molecule has 0 radical (unpaired) electrons. The van der Waals surface area contributed by atoms with E-state index in [1.807, 2.05) is 0 Å². The predicted octanol–water partition coefficient (Wildman–Crippen LogP) is 4.95. The summed E-state index contributed by atoms with van der Waals surface area (Å²) in [6.07, 6.45) is 7.93. The molecule has 0 fully saturated rings. The van der Waals surface area contributed by atoms with Crippen molar-refractivity contribution in [3.05, 3.63) is 108 Å². The molecule has 0 nitrogen and oxygen atoms in total. The molecule has 1 aliphatic carbocycles. The van der Waals surface area contributed by atoms with Gasteiger partial charge in [-0.2, -0.15) is 0 Å². The van der Waals surface area contributed by atoms with Gasteiger partial charge in [0.15, 0.2) is 0 Å². The molecule has 1 heterocycles. The average molecular weight is 349 g/mol. The van der Waals surface area contributed by atoms with Gasteiger partial charge in [-0.15, -0.1) is 0 Å². The summed E-state index contributed by atoms with van der Waals surface area (Å²) < 4.78 is 0. The maximum absolute atomic E-state index is 2.37. The summed E-state index contributed by atoms with van der Waals surface area (Å²) in [5, 5.41) is 3.22. The molecule has 0 atom stereocenters. The third kappa shape index (κ3) is 2.56. The van der Waals surface area contributed by atoms with Crippen LogP contribution in [0.4, 0.5) is 0 Å². The Balaban J connectivity index is 1.75. The molecule has 0 saturated heterocycles. The van der Waals surface area contributed by atoms with Crippen LogP contribution in [0, 0.1) is 0 Å². The molecule has 3 aromatic rings. The summed E-state index contributed by atoms with van der Waals surface area (Å²) in [7, 11) is -0.815. The van der Waals surface area contributed by atoms with Gasteiger partial charge < -0.3 is 0 Å². The molecule has 3 aromatic carbocycles. The van der Waals surface area contributed by atoms with Crippen molar-refractivity contribution < 1.29 is 0 Å². The first-order chi connectivity index (χ1) is 12.9. The zero-order chi connectivity index (χ0) is 17.3. The quantitative estimate of drug-likeness (QED) is 0.546. The van der Waals surface area contributed by atoms with Crippen molar-refractivity contribution in [1.29, 1.82) is 0 Å². The number of hydrogen-bond acceptors (Lipinski definition) is 0. The SMILES string of the molecule is C1=CCC(=[Si]2Cc3ccccc3-c3ccccc32)C(c2ccccc2)=C1. The Morgan fingerprint density at radius 1 is 0.692 bits per heavy atom. The van der Waals surface area contributed by atoms with Crippen molar-refractivity contribution in [3.8, 4) is 11.1 Å². The molecular weight excluding hydrogens is 328 g/mol. The third-order valence-electron chi connectivity index (χ3n) is 5.42. The molecule has 5 rings (SSSR count). The van der Waals surface area contributed by atoms with E-state index in [0.717, 1.165) is 6.42 Å². The monoisotopic (exact) mass is 348 g/mol. The Morgan fingerprint density at radius 2 is 1.42 bits per heavy atom. The molecule has 0 N–H and O–H groups in total. The molecule has 1 heteroatoms. The van der Waals surface area contributed by atoms with E-state index in [1.165, 1.54) is 33.9 Å². The van der Waals surface area contributed by atoms with Crippen LogP contribution in [0.2, 0.25) is 0 Å². The van der Waals surface area contributed by atoms with Crippen LogP contribution in [0.5, 0.6) is 0 Å². The average Bonchev–Trinajstić information content (AvgIpc) is 2.74. The summed E-state index contributed by atoms with van der Waals surface area (Å²) in [6, 6.07) is 30.1. The van der Waals surface area contributed by atoms with Crippen LogP contribution in [0.15, 0.2) is 97.1 Å². The minimum absolute atomic E-state index is 0.815. The number of benzene rings is 3. The highest BCUT2D eigenvalue weighted by Gasteiger charge is 2.24. The zero-order valence-corrected chi connectivity index (χ0v) is 15.7. The Kier molecular flexibility index (Phi) is 3.87. The van der Waals surface area contributed by atoms with Crippen molar-refractivity contribution in [2.45, 2.75) is 12.5 Å². The molecule has 1 aliphatic heterocycles. The minimum atomic E-state index is -0.815. The molecule has 26 heavy (non-hydrogen) atoms. The van der Waals surface area contributed by atoms with Crippen LogP contribution in [0.3, 0.4) is 0 Å². The molecular formula is C25H20Si. The third-order valence-corrected chi connectivity index (χ3v) is 8.44. The minimum Gasteiger partial charge on any atom is -0.0805 e. The Bertz CT molecular complexity index is 1070. The zero-order valence-electron chi connectivity index (χ0n) is 14.7. The fraction of sp³-hybridized carbons (Fsp3) is 0.0800. The maximum Gasteiger partial charge on any atom is 0.0556 e. The highest BCUT2D eigenvalue weighted by Crippen LogP contribution is 2.29. The normalized spacial score (nSPS) is 18.1. The fourth-order valence-electron chi connectivity index (χ4n) is 4.21. The fourth-order valence-corrected chi connectivity index (χ4v) is 7.38. The molecule has 0 unspecified atom stereocenters. The van der Waals surface area contributed by atoms with E-state index in [4.69, 9.17) is 0 Å². The van der Waals surface area contributed by atoms with E-state index >= 15 is 0 Å². The van der Waals surface area contributed by atoms with Crippen molar-refractivity contribution in [3.63, 3.8) is 0 Å². The standard InChI is InChI=1S/C25H20Si/c1-2-10-19(11-3-1)22-14-6-8-16-24(22)26-18-20-12-4-5-13-21(20)23-15-7-9-17-25(23)26/h1-15,17H,16,18H2. The molecule has 0 amide bonds. The highest BCUT2D eigenvalue weighted by atomic mass is 28.2. The van der Waals surface area contributed by atoms with E-state index in [-0.39, 0.29) is 0 Å². The van der Waals surface area contributed by atoms with E-state index in [1.54, 1.807) is 10.4 Å². The smallest absolute Gasteiger partial charge is 0.0556 e. The van der Waals surface area contributed by atoms with Crippen LogP contribution in [0.1, 0.15) is 17.5 Å². The molecule has 124 valence electrons. The first kappa shape index (κ1) is 15.5. The van der Waals surface area contributed by atoms with Crippen LogP contribution in [-0.2, 0) is 6.04 Å². The lowest BCUT2D eigenvalue weighted by molar-refractivity contribution is 1.35. The van der Waals surface area contributed by atoms with Gasteiger partial charge in [0, 0.05) is 0 Å². The lowest BCUT2D eigenvalue weighted by atomic mass is 9.97. The molecule has 2 aliphatic rings. The van der Waals surface area contributed by atoms with Crippen molar-refractivity contribution >= 4 is 24.3 Å². The summed E-state index contributed by atoms with van der Waals surface area (Å²) in [5.41, 5.74) is 7.16. The van der Waals surface area contributed by atoms with Gasteiger partial charge in [-0.3, -0.25) is 0 Å². The first-order valence-electron chi connectivity index (χ1n) is 9.24. The first-order valence-corrected chi connectivity index (χ1v) is 10.9. The molecule has 0 saturated carbocycles. The number of rotatable bonds is 1. The topological polar surface area (TPSA) is 0 Å². The second-order valence-electron chi connectivity index (χ2n) is 6.92. The van der Waals surface area contributed by atoms with Gasteiger partial charge in [-0.05, 0) is 45.5 Å². The van der Waals surface area contributed by atoms with Crippen LogP contribution < -0.4 is 5.19 Å². The van der Waals surface area contributed by atoms with Gasteiger partial charge in [-0.1, -0.05) is 102 Å². The van der Waals surface area contributed by atoms with Gasteiger partial charge in [0.25, 0.3) is 0 Å². The van der Waals surface area contributed by atoms with E-state index < -0.39 is 8.41 Å². The lowest BCUT2D eigenvalue weighted by Crippen LogP contribution is -2.37. The van der Waals surface area contributed by atoms with Crippen molar-refractivity contribution in [1.82, 2.24) is 0 Å². The van der Waals surface area contributed by atoms with Crippen molar-refractivity contribution in [2.24, 2.45) is 0 Å². The van der Waals surface area contributed by atoms with Gasteiger partial charge in [0.2, 0.25) is 0 Å². The number of fused-ring (bicyclic) bond motifs is 3. The Morgan fingerprint density at radius 3 is 2.31 bits per heavy atom. The number of hydrogen-bond donors (Lipinski definition) is 0. The second kappa shape index (κ2) is 6.51. The Labute approximate surface area is 156 Å². The largest absolute Gasteiger partial charge is 0.0805 e. The number of allylic oxidation sites excluding steroid dienone is 4. The van der Waals surface area contributed by atoms with Crippen molar-refractivity contribution in [2.75, 3.05) is 0 Å². The molecule has 0 bridgehead atoms. The summed E-state index contributed by atoms with van der Waals surface area (Å²) in [6.45, 7) is 0. The highest BCUT2D eigenvalue weighted by molar-refractivity contribution is 6.88. The summed E-state index contributed by atoms with van der Waals surface area (Å²) >= 11 is 0. The predicted molar refractivity (Wildman–Crippen MR) is 114 cm³/mol. The van der Waals surface area contributed by atoms with Gasteiger partial charge in [0.05, 0.1) is 8.41 Å². The van der Waals surface area contributed by atoms with Crippen LogP contribution >= 0.6 is 0 Å². The molecule has 0 spiro atoms. The van der Waals surface area contributed by atoms with Crippen LogP contribution in [-0.4, -0.2) is 13.6 Å². The Hall–Kier alpha value is -2.77. The lowest BCUT2D eigenvalue weighted by Gasteiger charge is -2.26. The van der Waals surface area contributed by atoms with Gasteiger partial charge >= 0.3 is 0 Å². The van der Waals surface area contributed by atoms with Gasteiger partial charge in [-0.25, -0.2) is 0 Å². The molecule has 0 aromatic heterocycles. The van der Waals surface area contributed by atoms with E-state index in [2.05, 4.69) is 97.1 Å².